The Kier molecular flexibility index (Phi) is 6.81. The van der Waals surface area contributed by atoms with E-state index in [1.807, 2.05) is 37.3 Å². The smallest absolute Gasteiger partial charge is 0.234 e. The number of hydrogen-bond donors (Lipinski definition) is 1. The fourth-order valence-corrected chi connectivity index (χ4v) is 5.01. The first-order valence-electron chi connectivity index (χ1n) is 11.7. The molecule has 0 radical (unpaired) electrons. The fourth-order valence-electron chi connectivity index (χ4n) is 3.72. The summed E-state index contributed by atoms with van der Waals surface area (Å²) in [5.41, 5.74) is 1.60. The summed E-state index contributed by atoms with van der Waals surface area (Å²) in [6.07, 6.45) is 0.902. The van der Waals surface area contributed by atoms with Gasteiger partial charge in [0, 0.05) is 18.2 Å². The number of sulfone groups is 1. The summed E-state index contributed by atoms with van der Waals surface area (Å²) in [5.74, 6) is 1.86. The van der Waals surface area contributed by atoms with Crippen LogP contribution < -0.4 is 19.5 Å². The van der Waals surface area contributed by atoms with Crippen LogP contribution in [0.25, 0.3) is 11.5 Å². The number of hydrogen-bond acceptors (Lipinski definition) is 8. The number of aromatic nitrogens is 1. The molecule has 8 nitrogen and oxygen atoms in total. The van der Waals surface area contributed by atoms with Gasteiger partial charge in [0.15, 0.2) is 11.5 Å². The zero-order chi connectivity index (χ0) is 25.0. The zero-order valence-corrected chi connectivity index (χ0v) is 20.6. The zero-order valence-electron chi connectivity index (χ0n) is 19.8. The lowest BCUT2D eigenvalue weighted by atomic mass is 10.2. The van der Waals surface area contributed by atoms with E-state index in [-0.39, 0.29) is 21.7 Å². The van der Waals surface area contributed by atoms with Gasteiger partial charge < -0.3 is 23.9 Å². The standard InChI is InChI=1S/C27H26N2O6S/c1-2-14-32-21-10-8-20(9-11-21)25-29-27(26(35-25)28-18-19-6-4-3-5-7-19)36(30,31)22-12-13-23-24(17-22)34-16-15-33-23/h3-13,17,28H,2,14-16,18H2,1H3. The Balaban J connectivity index is 1.51. The van der Waals surface area contributed by atoms with Gasteiger partial charge in [-0.3, -0.25) is 0 Å². The molecule has 186 valence electrons. The highest BCUT2D eigenvalue weighted by Crippen LogP contribution is 2.37. The molecular formula is C27H26N2O6S. The molecular weight excluding hydrogens is 480 g/mol. The Morgan fingerprint density at radius 3 is 2.44 bits per heavy atom. The van der Waals surface area contributed by atoms with Crippen LogP contribution in [0.4, 0.5) is 5.88 Å². The van der Waals surface area contributed by atoms with E-state index in [2.05, 4.69) is 10.3 Å². The molecule has 0 bridgehead atoms. The Morgan fingerprint density at radius 2 is 1.69 bits per heavy atom. The van der Waals surface area contributed by atoms with Gasteiger partial charge in [0.25, 0.3) is 0 Å². The Bertz CT molecular complexity index is 1430. The van der Waals surface area contributed by atoms with E-state index in [0.717, 1.165) is 17.7 Å². The lowest BCUT2D eigenvalue weighted by Crippen LogP contribution is -2.16. The molecule has 1 aliphatic heterocycles. The van der Waals surface area contributed by atoms with Gasteiger partial charge in [0.05, 0.1) is 11.5 Å². The summed E-state index contributed by atoms with van der Waals surface area (Å²) in [5, 5.41) is 2.91. The first-order valence-corrected chi connectivity index (χ1v) is 13.2. The highest BCUT2D eigenvalue weighted by Gasteiger charge is 2.30. The maximum Gasteiger partial charge on any atom is 0.234 e. The van der Waals surface area contributed by atoms with Crippen molar-refractivity contribution in [3.63, 3.8) is 0 Å². The molecule has 0 saturated heterocycles. The van der Waals surface area contributed by atoms with Gasteiger partial charge in [0.1, 0.15) is 19.0 Å². The van der Waals surface area contributed by atoms with Crippen LogP contribution in [0.3, 0.4) is 0 Å². The molecule has 2 heterocycles. The third-order valence-electron chi connectivity index (χ3n) is 5.54. The van der Waals surface area contributed by atoms with E-state index in [1.54, 1.807) is 30.3 Å². The first-order chi connectivity index (χ1) is 17.5. The van der Waals surface area contributed by atoms with Crippen LogP contribution in [0.5, 0.6) is 17.2 Å². The number of anilines is 1. The van der Waals surface area contributed by atoms with Crippen molar-refractivity contribution in [3.05, 3.63) is 78.4 Å². The van der Waals surface area contributed by atoms with Crippen LogP contribution in [0, 0.1) is 0 Å². The van der Waals surface area contributed by atoms with E-state index in [4.69, 9.17) is 18.6 Å². The van der Waals surface area contributed by atoms with Crippen LogP contribution in [-0.4, -0.2) is 33.2 Å². The molecule has 0 aliphatic carbocycles. The average molecular weight is 507 g/mol. The van der Waals surface area contributed by atoms with Crippen molar-refractivity contribution in [2.45, 2.75) is 29.8 Å². The third-order valence-corrected chi connectivity index (χ3v) is 7.20. The Hall–Kier alpha value is -3.98. The fraction of sp³-hybridized carbons (Fsp3) is 0.222. The highest BCUT2D eigenvalue weighted by molar-refractivity contribution is 7.91. The third kappa shape index (κ3) is 5.01. The molecule has 36 heavy (non-hydrogen) atoms. The Morgan fingerprint density at radius 1 is 0.944 bits per heavy atom. The predicted octanol–water partition coefficient (Wildman–Crippen LogP) is 5.35. The molecule has 4 aromatic rings. The van der Waals surface area contributed by atoms with Gasteiger partial charge in [-0.05, 0) is 48.4 Å². The normalized spacial score (nSPS) is 12.8. The quantitative estimate of drug-likeness (QED) is 0.324. The molecule has 1 N–H and O–H groups in total. The number of rotatable bonds is 9. The summed E-state index contributed by atoms with van der Waals surface area (Å²) in [6, 6.07) is 21.4. The molecule has 0 spiro atoms. The molecule has 0 unspecified atom stereocenters. The minimum Gasteiger partial charge on any atom is -0.494 e. The summed E-state index contributed by atoms with van der Waals surface area (Å²) in [6.45, 7) is 3.79. The van der Waals surface area contributed by atoms with Crippen molar-refractivity contribution >= 4 is 15.7 Å². The average Bonchev–Trinajstić information content (AvgIpc) is 3.36. The van der Waals surface area contributed by atoms with Crippen molar-refractivity contribution in [2.24, 2.45) is 0 Å². The van der Waals surface area contributed by atoms with E-state index >= 15 is 0 Å². The second kappa shape index (κ2) is 10.3. The molecule has 5 rings (SSSR count). The number of fused-ring (bicyclic) bond motifs is 1. The lowest BCUT2D eigenvalue weighted by molar-refractivity contribution is 0.171. The topological polar surface area (TPSA) is 99.9 Å². The summed E-state index contributed by atoms with van der Waals surface area (Å²) in [4.78, 5) is 4.45. The maximum absolute atomic E-state index is 13.7. The largest absolute Gasteiger partial charge is 0.494 e. The van der Waals surface area contributed by atoms with Gasteiger partial charge in [0.2, 0.25) is 26.6 Å². The first kappa shape index (κ1) is 23.7. The minimum atomic E-state index is -4.04. The van der Waals surface area contributed by atoms with Crippen LogP contribution in [0.1, 0.15) is 18.9 Å². The van der Waals surface area contributed by atoms with Gasteiger partial charge in [-0.2, -0.15) is 4.98 Å². The molecule has 1 aliphatic rings. The van der Waals surface area contributed by atoms with Crippen LogP contribution in [-0.2, 0) is 16.4 Å². The van der Waals surface area contributed by atoms with Crippen molar-refractivity contribution in [3.8, 4) is 28.7 Å². The van der Waals surface area contributed by atoms with E-state index in [1.165, 1.54) is 12.1 Å². The van der Waals surface area contributed by atoms with Crippen LogP contribution >= 0.6 is 0 Å². The molecule has 0 atom stereocenters. The number of nitrogens with one attached hydrogen (secondary N) is 1. The molecule has 3 aromatic carbocycles. The van der Waals surface area contributed by atoms with Crippen LogP contribution in [0.15, 0.2) is 87.1 Å². The summed E-state index contributed by atoms with van der Waals surface area (Å²) in [7, 11) is -4.04. The summed E-state index contributed by atoms with van der Waals surface area (Å²) >= 11 is 0. The predicted molar refractivity (Wildman–Crippen MR) is 134 cm³/mol. The monoisotopic (exact) mass is 506 g/mol. The lowest BCUT2D eigenvalue weighted by Gasteiger charge is -2.18. The van der Waals surface area contributed by atoms with E-state index in [9.17, 15) is 8.42 Å². The van der Waals surface area contributed by atoms with Crippen LogP contribution in [0.2, 0.25) is 0 Å². The maximum atomic E-state index is 13.7. The molecule has 9 heteroatoms. The van der Waals surface area contributed by atoms with Crippen molar-refractivity contribution in [2.75, 3.05) is 25.1 Å². The van der Waals surface area contributed by atoms with E-state index < -0.39 is 9.84 Å². The van der Waals surface area contributed by atoms with Crippen molar-refractivity contribution in [1.82, 2.24) is 4.98 Å². The summed E-state index contributed by atoms with van der Waals surface area (Å²) < 4.78 is 50.1. The number of oxazole rings is 1. The number of ether oxygens (including phenoxy) is 3. The van der Waals surface area contributed by atoms with Gasteiger partial charge in [-0.1, -0.05) is 37.3 Å². The van der Waals surface area contributed by atoms with Gasteiger partial charge in [-0.25, -0.2) is 8.42 Å². The molecule has 0 fully saturated rings. The SMILES string of the molecule is CCCOc1ccc(-c2nc(S(=O)(=O)c3ccc4c(c3)OCCO4)c(NCc3ccccc3)o2)cc1. The molecule has 0 amide bonds. The second-order valence-corrected chi connectivity index (χ2v) is 10.0. The number of benzene rings is 3. The minimum absolute atomic E-state index is 0.0395. The van der Waals surface area contributed by atoms with Crippen molar-refractivity contribution < 1.29 is 27.0 Å². The number of nitrogens with zero attached hydrogens (tertiary/aromatic N) is 1. The highest BCUT2D eigenvalue weighted by atomic mass is 32.2. The Labute approximate surface area is 209 Å². The van der Waals surface area contributed by atoms with E-state index in [0.29, 0.717) is 43.4 Å². The molecule has 1 aromatic heterocycles. The van der Waals surface area contributed by atoms with Gasteiger partial charge >= 0.3 is 0 Å². The molecule has 0 saturated carbocycles. The second-order valence-electron chi connectivity index (χ2n) is 8.17. The van der Waals surface area contributed by atoms with Crippen molar-refractivity contribution in [1.29, 1.82) is 0 Å². The van der Waals surface area contributed by atoms with Gasteiger partial charge in [-0.15, -0.1) is 0 Å².